The van der Waals surface area contributed by atoms with Gasteiger partial charge in [-0.25, -0.2) is 9.07 Å². The second-order valence-corrected chi connectivity index (χ2v) is 5.87. The Hall–Kier alpha value is -3.48. The van der Waals surface area contributed by atoms with Gasteiger partial charge >= 0.3 is 0 Å². The summed E-state index contributed by atoms with van der Waals surface area (Å²) in [5, 5.41) is 14.8. The molecule has 0 saturated carbocycles. The van der Waals surface area contributed by atoms with E-state index in [9.17, 15) is 4.39 Å². The SMILES string of the molecule is Cc1c(NCc2cn[nH]c2-c2cccnc2)cnn1-c1ccccc1F. The lowest BCUT2D eigenvalue weighted by Gasteiger charge is -2.08. The molecule has 4 rings (SSSR count). The Balaban J connectivity index is 1.56. The van der Waals surface area contributed by atoms with Gasteiger partial charge in [-0.15, -0.1) is 0 Å². The third kappa shape index (κ3) is 2.95. The molecule has 0 unspecified atom stereocenters. The maximum absolute atomic E-state index is 14.0. The van der Waals surface area contributed by atoms with E-state index >= 15 is 0 Å². The zero-order chi connectivity index (χ0) is 17.9. The predicted molar refractivity (Wildman–Crippen MR) is 97.4 cm³/mol. The second kappa shape index (κ2) is 6.79. The minimum absolute atomic E-state index is 0.307. The van der Waals surface area contributed by atoms with Crippen LogP contribution >= 0.6 is 0 Å². The number of anilines is 1. The van der Waals surface area contributed by atoms with Crippen LogP contribution in [0.5, 0.6) is 0 Å². The van der Waals surface area contributed by atoms with Crippen molar-refractivity contribution in [1.29, 1.82) is 0 Å². The lowest BCUT2D eigenvalue weighted by atomic mass is 10.1. The van der Waals surface area contributed by atoms with Crippen LogP contribution in [0.1, 0.15) is 11.3 Å². The summed E-state index contributed by atoms with van der Waals surface area (Å²) < 4.78 is 15.6. The molecule has 26 heavy (non-hydrogen) atoms. The number of aromatic amines is 1. The molecule has 7 heteroatoms. The lowest BCUT2D eigenvalue weighted by molar-refractivity contribution is 0.608. The molecule has 0 aliphatic carbocycles. The van der Waals surface area contributed by atoms with E-state index in [1.165, 1.54) is 6.07 Å². The molecule has 0 amide bonds. The molecule has 0 spiro atoms. The molecule has 0 atom stereocenters. The van der Waals surface area contributed by atoms with Crippen molar-refractivity contribution in [3.05, 3.63) is 78.3 Å². The van der Waals surface area contributed by atoms with Gasteiger partial charge in [-0.05, 0) is 31.2 Å². The van der Waals surface area contributed by atoms with Crippen LogP contribution in [0, 0.1) is 12.7 Å². The van der Waals surface area contributed by atoms with Gasteiger partial charge in [0.2, 0.25) is 0 Å². The zero-order valence-corrected chi connectivity index (χ0v) is 14.1. The summed E-state index contributed by atoms with van der Waals surface area (Å²) in [5.74, 6) is -0.307. The van der Waals surface area contributed by atoms with Gasteiger partial charge in [0.1, 0.15) is 11.5 Å². The van der Waals surface area contributed by atoms with E-state index in [4.69, 9.17) is 0 Å². The third-order valence-corrected chi connectivity index (χ3v) is 4.23. The molecular formula is C19H17FN6. The van der Waals surface area contributed by atoms with Crippen molar-refractivity contribution in [3.8, 4) is 16.9 Å². The minimum Gasteiger partial charge on any atom is -0.378 e. The largest absolute Gasteiger partial charge is 0.378 e. The Morgan fingerprint density at radius 3 is 2.81 bits per heavy atom. The maximum Gasteiger partial charge on any atom is 0.148 e. The van der Waals surface area contributed by atoms with Gasteiger partial charge in [0.05, 0.1) is 29.5 Å². The number of halogens is 1. The van der Waals surface area contributed by atoms with Crippen LogP contribution in [-0.2, 0) is 6.54 Å². The number of hydrogen-bond donors (Lipinski definition) is 2. The minimum atomic E-state index is -0.307. The van der Waals surface area contributed by atoms with Gasteiger partial charge in [0, 0.05) is 30.1 Å². The van der Waals surface area contributed by atoms with Crippen LogP contribution in [0.2, 0.25) is 0 Å². The molecule has 0 aliphatic heterocycles. The number of aromatic nitrogens is 5. The molecule has 3 aromatic heterocycles. The molecule has 0 bridgehead atoms. The number of para-hydroxylation sites is 1. The number of rotatable bonds is 5. The summed E-state index contributed by atoms with van der Waals surface area (Å²) in [6, 6.07) is 10.4. The Bertz CT molecular complexity index is 1020. The van der Waals surface area contributed by atoms with Gasteiger partial charge in [-0.2, -0.15) is 10.2 Å². The zero-order valence-electron chi connectivity index (χ0n) is 14.1. The highest BCUT2D eigenvalue weighted by Crippen LogP contribution is 2.23. The Labute approximate surface area is 149 Å². The first-order valence-corrected chi connectivity index (χ1v) is 8.20. The van der Waals surface area contributed by atoms with Gasteiger partial charge < -0.3 is 5.32 Å². The van der Waals surface area contributed by atoms with Crippen LogP contribution in [0.4, 0.5) is 10.1 Å². The first kappa shape index (κ1) is 16.0. The lowest BCUT2D eigenvalue weighted by Crippen LogP contribution is -2.04. The molecular weight excluding hydrogens is 331 g/mol. The van der Waals surface area contributed by atoms with Gasteiger partial charge in [-0.1, -0.05) is 12.1 Å². The summed E-state index contributed by atoms with van der Waals surface area (Å²) in [6.07, 6.45) is 7.01. The molecule has 4 aromatic rings. The fourth-order valence-electron chi connectivity index (χ4n) is 2.85. The first-order chi connectivity index (χ1) is 12.7. The van der Waals surface area contributed by atoms with E-state index in [0.717, 1.165) is 28.2 Å². The molecule has 0 aliphatic rings. The average molecular weight is 348 g/mol. The van der Waals surface area contributed by atoms with E-state index < -0.39 is 0 Å². The van der Waals surface area contributed by atoms with Crippen molar-refractivity contribution in [2.24, 2.45) is 0 Å². The fraction of sp³-hybridized carbons (Fsp3) is 0.105. The Kier molecular flexibility index (Phi) is 4.18. The van der Waals surface area contributed by atoms with Gasteiger partial charge in [0.15, 0.2) is 0 Å². The maximum atomic E-state index is 14.0. The van der Waals surface area contributed by atoms with Crippen molar-refractivity contribution >= 4 is 5.69 Å². The van der Waals surface area contributed by atoms with E-state index in [1.807, 2.05) is 19.1 Å². The number of H-pyrrole nitrogens is 1. The number of hydrogen-bond acceptors (Lipinski definition) is 4. The molecule has 3 heterocycles. The van der Waals surface area contributed by atoms with Crippen LogP contribution in [-0.4, -0.2) is 25.0 Å². The van der Waals surface area contributed by atoms with E-state index in [2.05, 4.69) is 25.6 Å². The summed E-state index contributed by atoms with van der Waals surface area (Å²) in [5.41, 5.74) is 5.01. The van der Waals surface area contributed by atoms with Crippen molar-refractivity contribution < 1.29 is 4.39 Å². The van der Waals surface area contributed by atoms with Crippen molar-refractivity contribution in [2.45, 2.75) is 13.5 Å². The predicted octanol–water partition coefficient (Wildman–Crippen LogP) is 3.72. The standard InChI is InChI=1S/C19H17FN6/c1-13-17(12-24-26(13)18-7-3-2-6-16(18)20)22-10-15-11-23-25-19(15)14-5-4-8-21-9-14/h2-9,11-12,22H,10H2,1H3,(H,23,25). The van der Waals surface area contributed by atoms with Gasteiger partial charge in [0.25, 0.3) is 0 Å². The third-order valence-electron chi connectivity index (χ3n) is 4.23. The molecule has 130 valence electrons. The molecule has 6 nitrogen and oxygen atoms in total. The summed E-state index contributed by atoms with van der Waals surface area (Å²) in [7, 11) is 0. The fourth-order valence-corrected chi connectivity index (χ4v) is 2.85. The first-order valence-electron chi connectivity index (χ1n) is 8.20. The topological polar surface area (TPSA) is 71.4 Å². The summed E-state index contributed by atoms with van der Waals surface area (Å²) >= 11 is 0. The highest BCUT2D eigenvalue weighted by atomic mass is 19.1. The highest BCUT2D eigenvalue weighted by molar-refractivity contribution is 5.62. The van der Waals surface area contributed by atoms with Crippen LogP contribution < -0.4 is 5.32 Å². The number of nitrogens with one attached hydrogen (secondary N) is 2. The average Bonchev–Trinajstić information content (AvgIpc) is 3.28. The van der Waals surface area contributed by atoms with Crippen LogP contribution in [0.25, 0.3) is 16.9 Å². The monoisotopic (exact) mass is 348 g/mol. The molecule has 0 fully saturated rings. The molecule has 1 aromatic carbocycles. The molecule has 0 radical (unpaired) electrons. The van der Waals surface area contributed by atoms with Crippen LogP contribution in [0.3, 0.4) is 0 Å². The number of benzene rings is 1. The second-order valence-electron chi connectivity index (χ2n) is 5.87. The molecule has 0 saturated heterocycles. The highest BCUT2D eigenvalue weighted by Gasteiger charge is 2.13. The Morgan fingerprint density at radius 1 is 1.12 bits per heavy atom. The summed E-state index contributed by atoms with van der Waals surface area (Å²) in [6.45, 7) is 2.46. The van der Waals surface area contributed by atoms with Crippen molar-refractivity contribution in [1.82, 2.24) is 25.0 Å². The van der Waals surface area contributed by atoms with Crippen LogP contribution in [0.15, 0.2) is 61.2 Å². The summed E-state index contributed by atoms with van der Waals surface area (Å²) in [4.78, 5) is 4.14. The van der Waals surface area contributed by atoms with Crippen molar-refractivity contribution in [2.75, 3.05) is 5.32 Å². The quantitative estimate of drug-likeness (QED) is 0.577. The van der Waals surface area contributed by atoms with Crippen molar-refractivity contribution in [3.63, 3.8) is 0 Å². The number of pyridine rings is 1. The Morgan fingerprint density at radius 2 is 2.00 bits per heavy atom. The smallest absolute Gasteiger partial charge is 0.148 e. The normalized spacial score (nSPS) is 10.8. The van der Waals surface area contributed by atoms with E-state index in [-0.39, 0.29) is 5.82 Å². The van der Waals surface area contributed by atoms with E-state index in [1.54, 1.807) is 47.7 Å². The number of nitrogens with zero attached hydrogens (tertiary/aromatic N) is 4. The molecule has 2 N–H and O–H groups in total. The van der Waals surface area contributed by atoms with E-state index in [0.29, 0.717) is 12.2 Å². The van der Waals surface area contributed by atoms with Gasteiger partial charge in [-0.3, -0.25) is 10.1 Å².